The monoisotopic (exact) mass is 395 g/mol. The minimum atomic E-state index is -4.34. The van der Waals surface area contributed by atoms with Gasteiger partial charge in [-0.1, -0.05) is 12.1 Å². The van der Waals surface area contributed by atoms with Gasteiger partial charge in [0.2, 0.25) is 0 Å². The van der Waals surface area contributed by atoms with Crippen LogP contribution in [0.5, 0.6) is 0 Å². The molecule has 0 aliphatic carbocycles. The van der Waals surface area contributed by atoms with E-state index in [1.54, 1.807) is 19.3 Å². The van der Waals surface area contributed by atoms with Crippen molar-refractivity contribution in [3.05, 3.63) is 59.5 Å². The molecule has 1 atom stereocenters. The van der Waals surface area contributed by atoms with E-state index in [1.807, 2.05) is 4.90 Å². The van der Waals surface area contributed by atoms with Crippen LogP contribution < -0.4 is 15.5 Å². The standard InChI is InChI=1S/C19H21F4N5/c1-24-18(26-11-13-4-6-14(7-5-13)19(21,22)23)27-15-8-10-28(12-15)17-16(20)3-2-9-25-17/h2-7,9,15H,8,10-12H2,1H3,(H2,24,26,27). The smallest absolute Gasteiger partial charge is 0.352 e. The highest BCUT2D eigenvalue weighted by atomic mass is 19.4. The average molecular weight is 395 g/mol. The zero-order chi connectivity index (χ0) is 20.1. The summed E-state index contributed by atoms with van der Waals surface area (Å²) < 4.78 is 51.7. The summed E-state index contributed by atoms with van der Waals surface area (Å²) in [4.78, 5) is 10.1. The van der Waals surface area contributed by atoms with Crippen LogP contribution in [-0.4, -0.2) is 37.1 Å². The lowest BCUT2D eigenvalue weighted by atomic mass is 10.1. The molecule has 1 fully saturated rings. The molecule has 0 amide bonds. The second-order valence-corrected chi connectivity index (χ2v) is 6.51. The number of halogens is 4. The molecule has 0 saturated carbocycles. The normalized spacial score (nSPS) is 17.7. The van der Waals surface area contributed by atoms with Crippen LogP contribution in [0.25, 0.3) is 0 Å². The number of aromatic nitrogens is 1. The van der Waals surface area contributed by atoms with Crippen molar-refractivity contribution in [2.24, 2.45) is 4.99 Å². The van der Waals surface area contributed by atoms with E-state index >= 15 is 0 Å². The van der Waals surface area contributed by atoms with Crippen LogP contribution in [0.3, 0.4) is 0 Å². The molecule has 28 heavy (non-hydrogen) atoms. The number of nitrogens with one attached hydrogen (secondary N) is 2. The third-order valence-electron chi connectivity index (χ3n) is 4.53. The Balaban J connectivity index is 1.52. The minimum Gasteiger partial charge on any atom is -0.352 e. The quantitative estimate of drug-likeness (QED) is 0.474. The molecule has 2 N–H and O–H groups in total. The van der Waals surface area contributed by atoms with E-state index in [1.165, 1.54) is 18.2 Å². The molecular formula is C19H21F4N5. The van der Waals surface area contributed by atoms with Crippen LogP contribution in [0.4, 0.5) is 23.4 Å². The van der Waals surface area contributed by atoms with Gasteiger partial charge >= 0.3 is 6.18 Å². The number of aliphatic imine (C=N–C) groups is 1. The molecule has 1 saturated heterocycles. The van der Waals surface area contributed by atoms with E-state index in [0.717, 1.165) is 18.6 Å². The number of anilines is 1. The van der Waals surface area contributed by atoms with E-state index < -0.39 is 11.7 Å². The summed E-state index contributed by atoms with van der Waals surface area (Å²) in [7, 11) is 1.62. The van der Waals surface area contributed by atoms with E-state index in [9.17, 15) is 17.6 Å². The number of hydrogen-bond donors (Lipinski definition) is 2. The van der Waals surface area contributed by atoms with Crippen LogP contribution >= 0.6 is 0 Å². The van der Waals surface area contributed by atoms with Gasteiger partial charge in [0, 0.05) is 38.9 Å². The fourth-order valence-electron chi connectivity index (χ4n) is 3.07. The Kier molecular flexibility index (Phi) is 6.01. The van der Waals surface area contributed by atoms with Crippen molar-refractivity contribution in [1.82, 2.24) is 15.6 Å². The third-order valence-corrected chi connectivity index (χ3v) is 4.53. The van der Waals surface area contributed by atoms with Gasteiger partial charge in [-0.25, -0.2) is 9.37 Å². The van der Waals surface area contributed by atoms with Crippen molar-refractivity contribution >= 4 is 11.8 Å². The zero-order valence-corrected chi connectivity index (χ0v) is 15.3. The minimum absolute atomic E-state index is 0.0558. The van der Waals surface area contributed by atoms with Gasteiger partial charge in [-0.3, -0.25) is 4.99 Å². The van der Waals surface area contributed by atoms with Gasteiger partial charge in [0.15, 0.2) is 17.6 Å². The Bertz CT molecular complexity index is 820. The first kappa shape index (κ1) is 19.9. The molecule has 1 aliphatic heterocycles. The van der Waals surface area contributed by atoms with Crippen molar-refractivity contribution in [3.8, 4) is 0 Å². The number of hydrogen-bond acceptors (Lipinski definition) is 3. The van der Waals surface area contributed by atoms with Crippen LogP contribution in [0.1, 0.15) is 17.5 Å². The second-order valence-electron chi connectivity index (χ2n) is 6.51. The van der Waals surface area contributed by atoms with E-state index in [0.29, 0.717) is 37.0 Å². The van der Waals surface area contributed by atoms with Crippen molar-refractivity contribution in [1.29, 1.82) is 0 Å². The van der Waals surface area contributed by atoms with Crippen molar-refractivity contribution in [2.75, 3.05) is 25.0 Å². The summed E-state index contributed by atoms with van der Waals surface area (Å²) in [6.45, 7) is 1.58. The van der Waals surface area contributed by atoms with E-state index in [2.05, 4.69) is 20.6 Å². The van der Waals surface area contributed by atoms with Gasteiger partial charge in [0.05, 0.1) is 5.56 Å². The van der Waals surface area contributed by atoms with Gasteiger partial charge in [-0.2, -0.15) is 13.2 Å². The highest BCUT2D eigenvalue weighted by Crippen LogP contribution is 2.29. The Hall–Kier alpha value is -2.84. The number of guanidine groups is 1. The summed E-state index contributed by atoms with van der Waals surface area (Å²) in [5.74, 6) is 0.515. The van der Waals surface area contributed by atoms with Gasteiger partial charge in [-0.05, 0) is 36.2 Å². The van der Waals surface area contributed by atoms with Gasteiger partial charge < -0.3 is 15.5 Å². The topological polar surface area (TPSA) is 52.6 Å². The summed E-state index contributed by atoms with van der Waals surface area (Å²) >= 11 is 0. The Morgan fingerprint density at radius 2 is 2.00 bits per heavy atom. The summed E-state index contributed by atoms with van der Waals surface area (Å²) in [5.41, 5.74) is 0.0334. The zero-order valence-electron chi connectivity index (χ0n) is 15.3. The van der Waals surface area contributed by atoms with Crippen LogP contribution in [0, 0.1) is 5.82 Å². The number of alkyl halides is 3. The first-order valence-electron chi connectivity index (χ1n) is 8.85. The Labute approximate surface area is 160 Å². The van der Waals surface area contributed by atoms with E-state index in [4.69, 9.17) is 0 Å². The molecule has 0 radical (unpaired) electrons. The molecule has 1 aromatic heterocycles. The maximum absolute atomic E-state index is 13.9. The maximum atomic E-state index is 13.9. The Morgan fingerprint density at radius 1 is 1.25 bits per heavy atom. The molecule has 3 rings (SSSR count). The molecule has 1 aromatic carbocycles. The number of benzene rings is 1. The molecule has 0 bridgehead atoms. The first-order valence-corrected chi connectivity index (χ1v) is 8.85. The van der Waals surface area contributed by atoms with Crippen LogP contribution in [0.2, 0.25) is 0 Å². The van der Waals surface area contributed by atoms with E-state index in [-0.39, 0.29) is 11.9 Å². The summed E-state index contributed by atoms with van der Waals surface area (Å²) in [5, 5.41) is 6.34. The lowest BCUT2D eigenvalue weighted by molar-refractivity contribution is -0.137. The highest BCUT2D eigenvalue weighted by Gasteiger charge is 2.30. The molecule has 5 nitrogen and oxygen atoms in total. The predicted molar refractivity (Wildman–Crippen MR) is 99.6 cm³/mol. The SMILES string of the molecule is CN=C(NCc1ccc(C(F)(F)F)cc1)NC1CCN(c2ncccc2F)C1. The second kappa shape index (κ2) is 8.45. The molecule has 2 heterocycles. The summed E-state index contributed by atoms with van der Waals surface area (Å²) in [6.07, 6.45) is -1.99. The summed E-state index contributed by atoms with van der Waals surface area (Å²) in [6, 6.07) is 7.98. The molecule has 1 unspecified atom stereocenters. The lowest BCUT2D eigenvalue weighted by Crippen LogP contribution is -2.44. The molecule has 2 aromatic rings. The largest absolute Gasteiger partial charge is 0.416 e. The molecule has 1 aliphatic rings. The molecular weight excluding hydrogens is 374 g/mol. The van der Waals surface area contributed by atoms with Crippen LogP contribution in [-0.2, 0) is 12.7 Å². The fraction of sp³-hybridized carbons (Fsp3) is 0.368. The fourth-order valence-corrected chi connectivity index (χ4v) is 3.07. The van der Waals surface area contributed by atoms with Crippen LogP contribution in [0.15, 0.2) is 47.6 Å². The van der Waals surface area contributed by atoms with Crippen molar-refractivity contribution < 1.29 is 17.6 Å². The number of nitrogens with zero attached hydrogens (tertiary/aromatic N) is 3. The maximum Gasteiger partial charge on any atom is 0.416 e. The van der Waals surface area contributed by atoms with Crippen molar-refractivity contribution in [3.63, 3.8) is 0 Å². The number of pyridine rings is 1. The third kappa shape index (κ3) is 4.90. The van der Waals surface area contributed by atoms with Gasteiger partial charge in [0.1, 0.15) is 0 Å². The molecule has 0 spiro atoms. The van der Waals surface area contributed by atoms with Gasteiger partial charge in [-0.15, -0.1) is 0 Å². The highest BCUT2D eigenvalue weighted by molar-refractivity contribution is 5.80. The first-order chi connectivity index (χ1) is 13.4. The van der Waals surface area contributed by atoms with Crippen molar-refractivity contribution in [2.45, 2.75) is 25.2 Å². The molecule has 9 heteroatoms. The average Bonchev–Trinajstić information content (AvgIpc) is 3.13. The Morgan fingerprint density at radius 3 is 2.64 bits per heavy atom. The van der Waals surface area contributed by atoms with Gasteiger partial charge in [0.25, 0.3) is 0 Å². The number of rotatable bonds is 4. The molecule has 150 valence electrons. The predicted octanol–water partition coefficient (Wildman–Crippen LogP) is 3.18. The lowest BCUT2D eigenvalue weighted by Gasteiger charge is -2.20.